The maximum Gasteiger partial charge on any atom is 0.270 e. The van der Waals surface area contributed by atoms with E-state index in [9.17, 15) is 13.2 Å². The summed E-state index contributed by atoms with van der Waals surface area (Å²) >= 11 is 6.58. The molecule has 0 saturated carbocycles. The van der Waals surface area contributed by atoms with Gasteiger partial charge in [0.25, 0.3) is 10.0 Å². The Bertz CT molecular complexity index is 1530. The van der Waals surface area contributed by atoms with E-state index in [2.05, 4.69) is 0 Å². The Morgan fingerprint density at radius 3 is 1.97 bits per heavy atom. The Hall–Kier alpha value is -3.67. The number of amides is 1. The van der Waals surface area contributed by atoms with Crippen molar-refractivity contribution >= 4 is 33.2 Å². The fraction of sp³-hybridized carbons (Fsp3) is 0.100. The normalized spacial score (nSPS) is 18.1. The van der Waals surface area contributed by atoms with Crippen LogP contribution in [0.5, 0.6) is 0 Å². The number of aryl methyl sites for hydroxylation is 1. The lowest BCUT2D eigenvalue weighted by molar-refractivity contribution is -0.126. The van der Waals surface area contributed by atoms with E-state index in [0.29, 0.717) is 21.8 Å². The van der Waals surface area contributed by atoms with Gasteiger partial charge in [-0.3, -0.25) is 4.79 Å². The molecule has 0 spiro atoms. The highest BCUT2D eigenvalue weighted by Gasteiger charge is 2.45. The molecule has 1 heterocycles. The van der Waals surface area contributed by atoms with E-state index >= 15 is 0 Å². The zero-order valence-corrected chi connectivity index (χ0v) is 21.2. The van der Waals surface area contributed by atoms with E-state index in [4.69, 9.17) is 11.6 Å². The summed E-state index contributed by atoms with van der Waals surface area (Å²) in [6.07, 6.45) is 1.88. The van der Waals surface area contributed by atoms with Crippen molar-refractivity contribution in [1.29, 1.82) is 0 Å². The smallest absolute Gasteiger partial charge is 0.270 e. The van der Waals surface area contributed by atoms with Gasteiger partial charge in [0.2, 0.25) is 5.91 Å². The minimum Gasteiger partial charge on any atom is -0.273 e. The number of carbonyl (C=O) groups excluding carboxylic acids is 1. The molecule has 6 heteroatoms. The van der Waals surface area contributed by atoms with Crippen LogP contribution in [0.2, 0.25) is 5.02 Å². The zero-order chi connectivity index (χ0) is 25.3. The minimum absolute atomic E-state index is 0.0550. The molecule has 0 saturated heterocycles. The number of nitrogens with zero attached hydrogens (tertiary/aromatic N) is 1. The molecule has 0 radical (unpaired) electrons. The Kier molecular flexibility index (Phi) is 6.52. The predicted octanol–water partition coefficient (Wildman–Crippen LogP) is 6.79. The van der Waals surface area contributed by atoms with Crippen LogP contribution in [-0.2, 0) is 14.8 Å². The van der Waals surface area contributed by atoms with Crippen molar-refractivity contribution in [1.82, 2.24) is 4.31 Å². The molecule has 0 fully saturated rings. The van der Waals surface area contributed by atoms with E-state index in [0.717, 1.165) is 15.4 Å². The van der Waals surface area contributed by atoms with Crippen molar-refractivity contribution in [3.05, 3.63) is 143 Å². The van der Waals surface area contributed by atoms with Gasteiger partial charge in [-0.15, -0.1) is 0 Å². The number of carbonyl (C=O) groups is 1. The summed E-state index contributed by atoms with van der Waals surface area (Å²) in [5, 5.41) is 0.418. The number of sulfonamides is 1. The van der Waals surface area contributed by atoms with Crippen molar-refractivity contribution in [3.63, 3.8) is 0 Å². The molecule has 180 valence electrons. The molecule has 4 aromatic carbocycles. The molecule has 36 heavy (non-hydrogen) atoms. The lowest BCUT2D eigenvalue weighted by atomic mass is 9.77. The summed E-state index contributed by atoms with van der Waals surface area (Å²) in [6.45, 7) is 1.88. The van der Waals surface area contributed by atoms with Gasteiger partial charge in [0.15, 0.2) is 0 Å². The van der Waals surface area contributed by atoms with Crippen LogP contribution in [0.25, 0.3) is 5.70 Å². The SMILES string of the molecule is Cc1ccc(S(=O)(=O)N2C(=O)[C@@H](c3ccccc3Cl)[C@H](c3ccccc3)C=C2c2ccccc2)cc1. The summed E-state index contributed by atoms with van der Waals surface area (Å²) in [4.78, 5) is 14.4. The van der Waals surface area contributed by atoms with Crippen LogP contribution in [-0.4, -0.2) is 18.6 Å². The van der Waals surface area contributed by atoms with Gasteiger partial charge in [0, 0.05) is 10.9 Å². The van der Waals surface area contributed by atoms with Crippen LogP contribution in [0.1, 0.15) is 34.1 Å². The quantitative estimate of drug-likeness (QED) is 0.295. The average molecular weight is 514 g/mol. The van der Waals surface area contributed by atoms with Crippen molar-refractivity contribution in [3.8, 4) is 0 Å². The largest absolute Gasteiger partial charge is 0.273 e. The standard InChI is InChI=1S/C30H24ClNO3S/c1-21-16-18-24(19-17-21)36(34,35)32-28(23-12-6-3-7-13-23)20-26(22-10-4-2-5-11-22)29(30(32)33)25-14-8-9-15-27(25)31/h2-20,26,29H,1H3/t26-,29-/m0/s1. The van der Waals surface area contributed by atoms with E-state index in [-0.39, 0.29) is 4.90 Å². The van der Waals surface area contributed by atoms with Crippen LogP contribution >= 0.6 is 11.6 Å². The molecular weight excluding hydrogens is 490 g/mol. The molecule has 0 unspecified atom stereocenters. The van der Waals surface area contributed by atoms with Gasteiger partial charge >= 0.3 is 0 Å². The molecular formula is C30H24ClNO3S. The van der Waals surface area contributed by atoms with Gasteiger partial charge in [-0.05, 0) is 41.8 Å². The first kappa shape index (κ1) is 24.0. The molecule has 0 bridgehead atoms. The molecule has 0 aliphatic carbocycles. The number of rotatable bonds is 5. The van der Waals surface area contributed by atoms with Gasteiger partial charge < -0.3 is 0 Å². The summed E-state index contributed by atoms with van der Waals surface area (Å²) in [5.41, 5.74) is 3.39. The van der Waals surface area contributed by atoms with Gasteiger partial charge in [-0.25, -0.2) is 12.7 Å². The third kappa shape index (κ3) is 4.36. The number of hydrogen-bond donors (Lipinski definition) is 0. The van der Waals surface area contributed by atoms with Gasteiger partial charge in [-0.1, -0.05) is 114 Å². The molecule has 1 amide bonds. The lowest BCUT2D eigenvalue weighted by Crippen LogP contribution is -2.43. The number of halogens is 1. The third-order valence-corrected chi connectivity index (χ3v) is 8.50. The van der Waals surface area contributed by atoms with E-state index in [1.54, 1.807) is 30.3 Å². The fourth-order valence-electron chi connectivity index (χ4n) is 4.64. The third-order valence-electron chi connectivity index (χ3n) is 6.44. The zero-order valence-electron chi connectivity index (χ0n) is 19.6. The Morgan fingerprint density at radius 1 is 0.750 bits per heavy atom. The van der Waals surface area contributed by atoms with Crippen LogP contribution in [0, 0.1) is 6.92 Å². The van der Waals surface area contributed by atoms with Crippen LogP contribution in [0.3, 0.4) is 0 Å². The molecule has 0 N–H and O–H groups in total. The number of hydrogen-bond acceptors (Lipinski definition) is 3. The number of allylic oxidation sites excluding steroid dienone is 1. The summed E-state index contributed by atoms with van der Waals surface area (Å²) < 4.78 is 29.0. The molecule has 5 rings (SSSR count). The Balaban J connectivity index is 1.78. The first-order valence-electron chi connectivity index (χ1n) is 11.6. The van der Waals surface area contributed by atoms with Crippen molar-refractivity contribution < 1.29 is 13.2 Å². The summed E-state index contributed by atoms with van der Waals surface area (Å²) in [7, 11) is -4.21. The highest BCUT2D eigenvalue weighted by molar-refractivity contribution is 7.90. The highest BCUT2D eigenvalue weighted by atomic mass is 35.5. The highest BCUT2D eigenvalue weighted by Crippen LogP contribution is 2.46. The fourth-order valence-corrected chi connectivity index (χ4v) is 6.36. The second-order valence-corrected chi connectivity index (χ2v) is 11.0. The molecule has 1 aliphatic heterocycles. The van der Waals surface area contributed by atoms with Crippen LogP contribution in [0.15, 0.2) is 120 Å². The molecule has 1 aliphatic rings. The molecule has 0 aromatic heterocycles. The Morgan fingerprint density at radius 2 is 1.33 bits per heavy atom. The van der Waals surface area contributed by atoms with Gasteiger partial charge in [-0.2, -0.15) is 0 Å². The monoisotopic (exact) mass is 513 g/mol. The van der Waals surface area contributed by atoms with Crippen LogP contribution in [0.4, 0.5) is 0 Å². The summed E-state index contributed by atoms with van der Waals surface area (Å²) in [5.74, 6) is -1.79. The average Bonchev–Trinajstić information content (AvgIpc) is 2.90. The first-order valence-corrected chi connectivity index (χ1v) is 13.4. The predicted molar refractivity (Wildman–Crippen MR) is 143 cm³/mol. The number of benzene rings is 4. The maximum atomic E-state index is 14.4. The maximum absolute atomic E-state index is 14.4. The second kappa shape index (κ2) is 9.76. The molecule has 4 aromatic rings. The molecule has 4 nitrogen and oxygen atoms in total. The van der Waals surface area contributed by atoms with E-state index < -0.39 is 27.8 Å². The molecule has 2 atom stereocenters. The van der Waals surface area contributed by atoms with Crippen molar-refractivity contribution in [2.75, 3.05) is 0 Å². The van der Waals surface area contributed by atoms with E-state index in [1.165, 1.54) is 12.1 Å². The summed E-state index contributed by atoms with van der Waals surface area (Å²) in [6, 6.07) is 32.4. The van der Waals surface area contributed by atoms with Crippen molar-refractivity contribution in [2.24, 2.45) is 0 Å². The van der Waals surface area contributed by atoms with E-state index in [1.807, 2.05) is 79.7 Å². The Labute approximate surface area is 216 Å². The first-order chi connectivity index (χ1) is 17.4. The van der Waals surface area contributed by atoms with Crippen molar-refractivity contribution in [2.45, 2.75) is 23.7 Å². The second-order valence-electron chi connectivity index (χ2n) is 8.77. The van der Waals surface area contributed by atoms with Gasteiger partial charge in [0.1, 0.15) is 0 Å². The van der Waals surface area contributed by atoms with Crippen LogP contribution < -0.4 is 0 Å². The lowest BCUT2D eigenvalue weighted by Gasteiger charge is -2.37. The minimum atomic E-state index is -4.21. The topological polar surface area (TPSA) is 54.5 Å². The van der Waals surface area contributed by atoms with Gasteiger partial charge in [0.05, 0.1) is 16.5 Å².